The van der Waals surface area contributed by atoms with Crippen LogP contribution in [-0.2, 0) is 14.8 Å². The number of nitrogens with one attached hydrogen (secondary N) is 1. The molecule has 0 radical (unpaired) electrons. The molecule has 0 amide bonds. The van der Waals surface area contributed by atoms with Crippen LogP contribution in [0.1, 0.15) is 24.8 Å². The molecular weight excluding hydrogens is 268 g/mol. The zero-order chi connectivity index (χ0) is 14.5. The maximum Gasteiger partial charge on any atom is 0.303 e. The maximum atomic E-state index is 11.9. The van der Waals surface area contributed by atoms with E-state index in [0.717, 1.165) is 5.56 Å². The van der Waals surface area contributed by atoms with E-state index >= 15 is 0 Å². The van der Waals surface area contributed by atoms with Crippen molar-refractivity contribution in [1.82, 2.24) is 4.72 Å². The lowest BCUT2D eigenvalue weighted by Crippen LogP contribution is -2.41. The van der Waals surface area contributed by atoms with Gasteiger partial charge in [-0.1, -0.05) is 17.7 Å². The fraction of sp³-hybridized carbons (Fsp3) is 0.417. The zero-order valence-corrected chi connectivity index (χ0v) is 11.5. The summed E-state index contributed by atoms with van der Waals surface area (Å²) in [5.41, 5.74) is 6.59. The van der Waals surface area contributed by atoms with E-state index in [4.69, 9.17) is 10.8 Å². The van der Waals surface area contributed by atoms with Crippen molar-refractivity contribution < 1.29 is 18.3 Å². The number of nitrogens with two attached hydrogens (primary N) is 1. The van der Waals surface area contributed by atoms with Gasteiger partial charge < -0.3 is 10.8 Å². The topological polar surface area (TPSA) is 109 Å². The van der Waals surface area contributed by atoms with E-state index in [1.54, 1.807) is 12.1 Å². The first-order chi connectivity index (χ1) is 8.81. The van der Waals surface area contributed by atoms with E-state index < -0.39 is 22.2 Å². The van der Waals surface area contributed by atoms with Crippen molar-refractivity contribution in [2.24, 2.45) is 5.73 Å². The lowest BCUT2D eigenvalue weighted by molar-refractivity contribution is -0.137. The molecule has 1 atom stereocenters. The van der Waals surface area contributed by atoms with Gasteiger partial charge in [0.25, 0.3) is 0 Å². The summed E-state index contributed by atoms with van der Waals surface area (Å²) in [7, 11) is -3.65. The molecule has 0 spiro atoms. The Bertz CT molecular complexity index is 525. The van der Waals surface area contributed by atoms with Crippen molar-refractivity contribution in [2.45, 2.75) is 37.2 Å². The maximum absolute atomic E-state index is 11.9. The summed E-state index contributed by atoms with van der Waals surface area (Å²) in [4.78, 5) is 10.5. The quantitative estimate of drug-likeness (QED) is 0.643. The van der Waals surface area contributed by atoms with Gasteiger partial charge in [-0.15, -0.1) is 0 Å². The predicted molar refractivity (Wildman–Crippen MR) is 71.0 cm³/mol. The number of rotatable bonds is 7. The fourth-order valence-corrected chi connectivity index (χ4v) is 2.66. The number of hydrogen-bond acceptors (Lipinski definition) is 4. The highest BCUT2D eigenvalue weighted by Crippen LogP contribution is 2.10. The third kappa shape index (κ3) is 5.37. The highest BCUT2D eigenvalue weighted by Gasteiger charge is 2.17. The summed E-state index contributed by atoms with van der Waals surface area (Å²) >= 11 is 0. The molecule has 1 aromatic rings. The van der Waals surface area contributed by atoms with Gasteiger partial charge in [0.2, 0.25) is 10.0 Å². The highest BCUT2D eigenvalue weighted by molar-refractivity contribution is 7.89. The third-order valence-electron chi connectivity index (χ3n) is 2.54. The van der Waals surface area contributed by atoms with E-state index in [-0.39, 0.29) is 17.7 Å². The Balaban J connectivity index is 2.59. The fourth-order valence-electron chi connectivity index (χ4n) is 1.52. The van der Waals surface area contributed by atoms with Crippen LogP contribution >= 0.6 is 0 Å². The number of sulfonamides is 1. The Kier molecular flexibility index (Phi) is 5.46. The number of aliphatic carboxylic acids is 1. The van der Waals surface area contributed by atoms with Crippen molar-refractivity contribution in [3.8, 4) is 0 Å². The van der Waals surface area contributed by atoms with Crippen LogP contribution in [0.3, 0.4) is 0 Å². The Morgan fingerprint density at radius 1 is 1.37 bits per heavy atom. The van der Waals surface area contributed by atoms with Gasteiger partial charge in [0, 0.05) is 6.42 Å². The molecule has 106 valence electrons. The molecule has 0 saturated heterocycles. The van der Waals surface area contributed by atoms with Crippen molar-refractivity contribution in [3.05, 3.63) is 29.8 Å². The molecule has 0 aromatic heterocycles. The Morgan fingerprint density at radius 3 is 2.47 bits per heavy atom. The standard InChI is InChI=1S/C12H18N2O4S/c1-9-5-7-10(8-6-9)19(17,18)14-11(13)3-2-4-12(15)16/h5-8,11,14H,2-4,13H2,1H3,(H,15,16). The first-order valence-electron chi connectivity index (χ1n) is 5.87. The van der Waals surface area contributed by atoms with E-state index in [0.29, 0.717) is 6.42 Å². The summed E-state index contributed by atoms with van der Waals surface area (Å²) in [5, 5.41) is 8.48. The second kappa shape index (κ2) is 6.65. The van der Waals surface area contributed by atoms with Gasteiger partial charge in [-0.2, -0.15) is 4.72 Å². The van der Waals surface area contributed by atoms with Gasteiger partial charge in [0.1, 0.15) is 0 Å². The van der Waals surface area contributed by atoms with Gasteiger partial charge in [-0.05, 0) is 31.9 Å². The molecule has 1 rings (SSSR count). The number of carboxylic acid groups (broad SMARTS) is 1. The van der Waals surface area contributed by atoms with Crippen LogP contribution in [0.4, 0.5) is 0 Å². The highest BCUT2D eigenvalue weighted by atomic mass is 32.2. The minimum absolute atomic E-state index is 0.0278. The van der Waals surface area contributed by atoms with Gasteiger partial charge in [0.15, 0.2) is 0 Å². The van der Waals surface area contributed by atoms with Crippen molar-refractivity contribution in [1.29, 1.82) is 0 Å². The predicted octanol–water partition coefficient (Wildman–Crippen LogP) is 0.813. The first kappa shape index (κ1) is 15.6. The van der Waals surface area contributed by atoms with Crippen LogP contribution < -0.4 is 10.5 Å². The van der Waals surface area contributed by atoms with Crippen LogP contribution in [0.15, 0.2) is 29.2 Å². The molecule has 6 nitrogen and oxygen atoms in total. The summed E-state index contributed by atoms with van der Waals surface area (Å²) in [5.74, 6) is -0.923. The molecule has 4 N–H and O–H groups in total. The van der Waals surface area contributed by atoms with Crippen LogP contribution in [0.25, 0.3) is 0 Å². The van der Waals surface area contributed by atoms with Gasteiger partial charge in [-0.25, -0.2) is 8.42 Å². The molecule has 0 aliphatic rings. The Labute approximate surface area is 112 Å². The number of aryl methyl sites for hydroxylation is 1. The Hall–Kier alpha value is -1.44. The second-order valence-electron chi connectivity index (χ2n) is 4.33. The van der Waals surface area contributed by atoms with Crippen LogP contribution in [0.2, 0.25) is 0 Å². The lowest BCUT2D eigenvalue weighted by Gasteiger charge is -2.13. The van der Waals surface area contributed by atoms with E-state index in [9.17, 15) is 13.2 Å². The summed E-state index contributed by atoms with van der Waals surface area (Å²) in [6.07, 6.45) is -0.213. The number of carboxylic acids is 1. The smallest absolute Gasteiger partial charge is 0.303 e. The van der Waals surface area contributed by atoms with Gasteiger partial charge in [0.05, 0.1) is 11.1 Å². The molecule has 1 aromatic carbocycles. The van der Waals surface area contributed by atoms with Crippen LogP contribution in [0, 0.1) is 6.92 Å². The molecule has 0 aliphatic heterocycles. The SMILES string of the molecule is Cc1ccc(S(=O)(=O)NC(N)CCCC(=O)O)cc1. The molecule has 0 saturated carbocycles. The summed E-state index contributed by atoms with van der Waals surface area (Å²) in [6.45, 7) is 1.86. The van der Waals surface area contributed by atoms with Crippen molar-refractivity contribution in [2.75, 3.05) is 0 Å². The number of carbonyl (C=O) groups is 1. The van der Waals surface area contributed by atoms with Crippen LogP contribution in [0.5, 0.6) is 0 Å². The molecule has 19 heavy (non-hydrogen) atoms. The molecule has 0 heterocycles. The summed E-state index contributed by atoms with van der Waals surface area (Å²) in [6, 6.07) is 6.40. The molecule has 0 fully saturated rings. The number of hydrogen-bond donors (Lipinski definition) is 3. The third-order valence-corrected chi connectivity index (χ3v) is 4.05. The monoisotopic (exact) mass is 286 g/mol. The zero-order valence-electron chi connectivity index (χ0n) is 10.7. The molecule has 0 aliphatic carbocycles. The van der Waals surface area contributed by atoms with Crippen LogP contribution in [-0.4, -0.2) is 25.7 Å². The number of benzene rings is 1. The molecule has 7 heteroatoms. The summed E-state index contributed by atoms with van der Waals surface area (Å²) < 4.78 is 26.2. The molecule has 0 bridgehead atoms. The van der Waals surface area contributed by atoms with E-state index in [1.807, 2.05) is 6.92 Å². The minimum Gasteiger partial charge on any atom is -0.481 e. The average molecular weight is 286 g/mol. The molecule has 1 unspecified atom stereocenters. The van der Waals surface area contributed by atoms with Crippen molar-refractivity contribution in [3.63, 3.8) is 0 Å². The largest absolute Gasteiger partial charge is 0.481 e. The minimum atomic E-state index is -3.65. The Morgan fingerprint density at radius 2 is 1.95 bits per heavy atom. The first-order valence-corrected chi connectivity index (χ1v) is 7.36. The lowest BCUT2D eigenvalue weighted by atomic mass is 10.2. The average Bonchev–Trinajstić information content (AvgIpc) is 2.28. The molecular formula is C12H18N2O4S. The van der Waals surface area contributed by atoms with Crippen molar-refractivity contribution >= 4 is 16.0 Å². The van der Waals surface area contributed by atoms with Gasteiger partial charge >= 0.3 is 5.97 Å². The van der Waals surface area contributed by atoms with E-state index in [1.165, 1.54) is 12.1 Å². The normalized spacial score (nSPS) is 13.2. The van der Waals surface area contributed by atoms with E-state index in [2.05, 4.69) is 4.72 Å². The van der Waals surface area contributed by atoms with Gasteiger partial charge in [-0.3, -0.25) is 4.79 Å². The second-order valence-corrected chi connectivity index (χ2v) is 6.04.